The first kappa shape index (κ1) is 23.1. The Morgan fingerprint density at radius 3 is 2.55 bits per heavy atom. The van der Waals surface area contributed by atoms with Gasteiger partial charge in [0.15, 0.2) is 0 Å². The summed E-state index contributed by atoms with van der Waals surface area (Å²) in [7, 11) is -2.24. The van der Waals surface area contributed by atoms with Crippen LogP contribution >= 0.6 is 0 Å². The van der Waals surface area contributed by atoms with E-state index in [4.69, 9.17) is 9.47 Å². The predicted molar refractivity (Wildman–Crippen MR) is 107 cm³/mol. The number of benzene rings is 1. The Bertz CT molecular complexity index is 819. The molecule has 1 aromatic rings. The maximum atomic E-state index is 12.7. The SMILES string of the molecule is CCOC(=O)N1CCC(NC(=O)c2cc(S(=O)(=O)NCCOC)ccc2C)CC1. The number of piperidine rings is 1. The van der Waals surface area contributed by atoms with Crippen molar-refractivity contribution in [1.29, 1.82) is 0 Å². The van der Waals surface area contributed by atoms with Crippen LogP contribution in [0.4, 0.5) is 4.79 Å². The number of nitrogens with one attached hydrogen (secondary N) is 2. The molecule has 10 heteroatoms. The highest BCUT2D eigenvalue weighted by atomic mass is 32.2. The van der Waals surface area contributed by atoms with Crippen molar-refractivity contribution in [2.24, 2.45) is 0 Å². The highest BCUT2D eigenvalue weighted by Gasteiger charge is 2.25. The molecule has 1 heterocycles. The Morgan fingerprint density at radius 2 is 1.93 bits per heavy atom. The van der Waals surface area contributed by atoms with Crippen LogP contribution in [0, 0.1) is 6.92 Å². The van der Waals surface area contributed by atoms with Crippen LogP contribution < -0.4 is 10.0 Å². The van der Waals surface area contributed by atoms with Gasteiger partial charge in [0.1, 0.15) is 0 Å². The van der Waals surface area contributed by atoms with Crippen LogP contribution in [0.25, 0.3) is 0 Å². The van der Waals surface area contributed by atoms with Gasteiger partial charge in [0.05, 0.1) is 18.1 Å². The number of methoxy groups -OCH3 is 1. The molecule has 0 aromatic heterocycles. The molecule has 0 bridgehead atoms. The van der Waals surface area contributed by atoms with Gasteiger partial charge in [-0.05, 0) is 44.4 Å². The Balaban J connectivity index is 2.01. The standard InChI is InChI=1S/C19H29N3O6S/c1-4-28-19(24)22-10-7-15(8-11-22)21-18(23)17-13-16(6-5-14(17)2)29(25,26)20-9-12-27-3/h5-6,13,15,20H,4,7-12H2,1-3H3,(H,21,23). The van der Waals surface area contributed by atoms with Crippen molar-refractivity contribution in [2.75, 3.05) is 40.0 Å². The second-order valence-electron chi connectivity index (χ2n) is 6.80. The first-order valence-corrected chi connectivity index (χ1v) is 11.1. The highest BCUT2D eigenvalue weighted by Crippen LogP contribution is 2.17. The van der Waals surface area contributed by atoms with Gasteiger partial charge in [-0.15, -0.1) is 0 Å². The van der Waals surface area contributed by atoms with Crippen molar-refractivity contribution in [3.05, 3.63) is 29.3 Å². The topological polar surface area (TPSA) is 114 Å². The summed E-state index contributed by atoms with van der Waals surface area (Å²) in [6.45, 7) is 5.24. The molecule has 1 aromatic carbocycles. The van der Waals surface area contributed by atoms with Crippen LogP contribution in [-0.2, 0) is 19.5 Å². The molecule has 2 N–H and O–H groups in total. The number of nitrogens with zero attached hydrogens (tertiary/aromatic N) is 1. The zero-order valence-electron chi connectivity index (χ0n) is 17.1. The number of likely N-dealkylation sites (tertiary alicyclic amines) is 1. The molecule has 1 fully saturated rings. The van der Waals surface area contributed by atoms with E-state index in [0.717, 1.165) is 0 Å². The summed E-state index contributed by atoms with van der Waals surface area (Å²) in [5.41, 5.74) is 0.995. The molecule has 1 saturated heterocycles. The average Bonchev–Trinajstić information content (AvgIpc) is 2.69. The maximum absolute atomic E-state index is 12.7. The molecule has 0 unspecified atom stereocenters. The summed E-state index contributed by atoms with van der Waals surface area (Å²) in [5, 5.41) is 2.95. The number of aryl methyl sites for hydroxylation is 1. The van der Waals surface area contributed by atoms with E-state index in [1.807, 2.05) is 0 Å². The monoisotopic (exact) mass is 427 g/mol. The van der Waals surface area contributed by atoms with E-state index in [1.54, 1.807) is 24.8 Å². The van der Waals surface area contributed by atoms with Crippen molar-refractivity contribution >= 4 is 22.0 Å². The first-order chi connectivity index (χ1) is 13.8. The molecule has 162 valence electrons. The van der Waals surface area contributed by atoms with Crippen LogP contribution in [0.1, 0.15) is 35.7 Å². The summed E-state index contributed by atoms with van der Waals surface area (Å²) in [6, 6.07) is 4.38. The van der Waals surface area contributed by atoms with Crippen LogP contribution in [0.2, 0.25) is 0 Å². The Labute approximate surface area is 171 Å². The summed E-state index contributed by atoms with van der Waals surface area (Å²) in [5.74, 6) is -0.328. The minimum absolute atomic E-state index is 0.0292. The summed E-state index contributed by atoms with van der Waals surface area (Å²) < 4.78 is 37.1. The number of rotatable bonds is 8. The molecular formula is C19H29N3O6S. The maximum Gasteiger partial charge on any atom is 0.409 e. The number of hydrogen-bond acceptors (Lipinski definition) is 6. The average molecular weight is 428 g/mol. The van der Waals surface area contributed by atoms with Gasteiger partial charge in [-0.2, -0.15) is 0 Å². The van der Waals surface area contributed by atoms with Gasteiger partial charge < -0.3 is 19.7 Å². The number of carbonyl (C=O) groups excluding carboxylic acids is 2. The fourth-order valence-electron chi connectivity index (χ4n) is 3.06. The minimum atomic E-state index is -3.73. The van der Waals surface area contributed by atoms with Crippen LogP contribution in [0.5, 0.6) is 0 Å². The molecule has 2 amide bonds. The summed E-state index contributed by atoms with van der Waals surface area (Å²) in [4.78, 5) is 26.2. The molecule has 1 aliphatic rings. The molecule has 0 aliphatic carbocycles. The zero-order chi connectivity index (χ0) is 21.4. The fourth-order valence-corrected chi connectivity index (χ4v) is 4.10. The van der Waals surface area contributed by atoms with E-state index in [0.29, 0.717) is 43.7 Å². The molecule has 0 atom stereocenters. The number of ether oxygens (including phenoxy) is 2. The largest absolute Gasteiger partial charge is 0.450 e. The van der Waals surface area contributed by atoms with Gasteiger partial charge in [0, 0.05) is 38.3 Å². The van der Waals surface area contributed by atoms with Crippen molar-refractivity contribution in [2.45, 2.75) is 37.6 Å². The number of carbonyl (C=O) groups is 2. The van der Waals surface area contributed by atoms with E-state index in [2.05, 4.69) is 10.0 Å². The molecular weight excluding hydrogens is 398 g/mol. The Hall–Kier alpha value is -2.17. The fraction of sp³-hybridized carbons (Fsp3) is 0.579. The Morgan fingerprint density at radius 1 is 1.24 bits per heavy atom. The van der Waals surface area contributed by atoms with E-state index in [1.165, 1.54) is 19.2 Å². The number of amides is 2. The predicted octanol–water partition coefficient (Wildman–Crippen LogP) is 1.27. The second-order valence-corrected chi connectivity index (χ2v) is 8.57. The van der Waals surface area contributed by atoms with E-state index < -0.39 is 10.0 Å². The lowest BCUT2D eigenvalue weighted by atomic mass is 10.0. The Kier molecular flexibility index (Phi) is 8.42. The second kappa shape index (κ2) is 10.6. The van der Waals surface area contributed by atoms with Gasteiger partial charge in [-0.3, -0.25) is 4.79 Å². The molecule has 9 nitrogen and oxygen atoms in total. The lowest BCUT2D eigenvalue weighted by Crippen LogP contribution is -2.46. The third-order valence-corrected chi connectivity index (χ3v) is 6.18. The quantitative estimate of drug-likeness (QED) is 0.604. The van der Waals surface area contributed by atoms with Crippen LogP contribution in [-0.4, -0.2) is 71.3 Å². The van der Waals surface area contributed by atoms with E-state index in [9.17, 15) is 18.0 Å². The van der Waals surface area contributed by atoms with Crippen molar-refractivity contribution in [3.8, 4) is 0 Å². The normalized spacial score (nSPS) is 15.2. The summed E-state index contributed by atoms with van der Waals surface area (Å²) in [6.07, 6.45) is 0.882. The van der Waals surface area contributed by atoms with Gasteiger partial charge in [-0.25, -0.2) is 17.9 Å². The molecule has 0 saturated carbocycles. The van der Waals surface area contributed by atoms with Gasteiger partial charge >= 0.3 is 6.09 Å². The zero-order valence-corrected chi connectivity index (χ0v) is 17.9. The lowest BCUT2D eigenvalue weighted by Gasteiger charge is -2.31. The molecule has 29 heavy (non-hydrogen) atoms. The molecule has 0 radical (unpaired) electrons. The van der Waals surface area contributed by atoms with Crippen molar-refractivity contribution in [1.82, 2.24) is 14.9 Å². The number of sulfonamides is 1. The third-order valence-electron chi connectivity index (χ3n) is 4.72. The first-order valence-electron chi connectivity index (χ1n) is 9.60. The highest BCUT2D eigenvalue weighted by molar-refractivity contribution is 7.89. The van der Waals surface area contributed by atoms with Crippen molar-refractivity contribution < 1.29 is 27.5 Å². The number of hydrogen-bond donors (Lipinski definition) is 2. The van der Waals surface area contributed by atoms with Crippen LogP contribution in [0.3, 0.4) is 0 Å². The van der Waals surface area contributed by atoms with E-state index >= 15 is 0 Å². The lowest BCUT2D eigenvalue weighted by molar-refractivity contribution is 0.0859. The summed E-state index contributed by atoms with van der Waals surface area (Å²) >= 11 is 0. The van der Waals surface area contributed by atoms with E-state index in [-0.39, 0.29) is 36.1 Å². The van der Waals surface area contributed by atoms with Gasteiger partial charge in [-0.1, -0.05) is 6.07 Å². The van der Waals surface area contributed by atoms with Crippen molar-refractivity contribution in [3.63, 3.8) is 0 Å². The molecule has 0 spiro atoms. The van der Waals surface area contributed by atoms with Gasteiger partial charge in [0.2, 0.25) is 10.0 Å². The van der Waals surface area contributed by atoms with Crippen LogP contribution in [0.15, 0.2) is 23.1 Å². The van der Waals surface area contributed by atoms with Gasteiger partial charge in [0.25, 0.3) is 5.91 Å². The minimum Gasteiger partial charge on any atom is -0.450 e. The molecule has 1 aliphatic heterocycles. The third kappa shape index (κ3) is 6.41. The molecule has 2 rings (SSSR count). The smallest absolute Gasteiger partial charge is 0.409 e.